The molecule has 3 aromatic heterocycles. The molecule has 12 aromatic rings. The molecule has 6 heteroatoms. The number of hydrogen-bond donors (Lipinski definition) is 2. The van der Waals surface area contributed by atoms with Crippen LogP contribution < -0.4 is 21.3 Å². The Hall–Kier alpha value is -8.81. The van der Waals surface area contributed by atoms with Gasteiger partial charge >= 0.3 is 0 Å². The lowest BCUT2D eigenvalue weighted by Gasteiger charge is -2.35. The van der Waals surface area contributed by atoms with Crippen LogP contribution in [0.5, 0.6) is 0 Å². The van der Waals surface area contributed by atoms with E-state index in [1.807, 2.05) is 11.3 Å². The summed E-state index contributed by atoms with van der Waals surface area (Å²) >= 11 is 1.87. The SMILES string of the molecule is C1=CC(C2NC(c3ccc4c(c3)C3(c5ccccc5-c5ccccc53)c3ccccc3-4)=NC(C3=c4c(oc5cc(-c6ccc7c(c6)sc6cc(-n8c9ccccc9c9ccccc98)ccc67)ccc45)=CCC3)N2)=CCC1. The van der Waals surface area contributed by atoms with Crippen molar-refractivity contribution in [3.8, 4) is 39.1 Å². The van der Waals surface area contributed by atoms with E-state index in [4.69, 9.17) is 9.41 Å². The standard InChI is InChI=1S/C70H48N4OS/c1-2-15-41(16-3-1)67-71-68(44-31-33-49-48-19-6-11-25-58(48)70(59(49)37-44)56-23-9-4-17-46(56)47-18-5-10-24-57(47)70)73-69(72-67)55-22-14-28-62-66(55)54-35-30-42(38-63(54)75-62)43-29-34-52-53-36-32-45(40-65(53)76-64(52)39-43)74-60-26-12-7-20-50(60)51-21-8-13-27-61(51)74/h2,4-13,15-21,23-40,67,69,72H,1,3,14,22H2,(H,71,73). The normalized spacial score (nSPS) is 17.9. The number of amidine groups is 1. The molecule has 76 heavy (non-hydrogen) atoms. The molecule has 4 heterocycles. The first kappa shape index (κ1) is 42.5. The zero-order valence-corrected chi connectivity index (χ0v) is 42.3. The number of thiophene rings is 1. The number of nitrogens with zero attached hydrogens (tertiary/aromatic N) is 2. The highest BCUT2D eigenvalue weighted by atomic mass is 32.1. The Kier molecular flexibility index (Phi) is 9.01. The maximum Gasteiger partial charge on any atom is 0.136 e. The molecule has 360 valence electrons. The van der Waals surface area contributed by atoms with E-state index in [0.29, 0.717) is 0 Å². The summed E-state index contributed by atoms with van der Waals surface area (Å²) in [4.78, 5) is 5.69. The van der Waals surface area contributed by atoms with Gasteiger partial charge in [-0.05, 0) is 147 Å². The third kappa shape index (κ3) is 5.97. The molecule has 0 radical (unpaired) electrons. The van der Waals surface area contributed by atoms with Crippen LogP contribution in [0.4, 0.5) is 0 Å². The molecule has 9 aromatic carbocycles. The highest BCUT2D eigenvalue weighted by molar-refractivity contribution is 7.25. The molecule has 0 bridgehead atoms. The summed E-state index contributed by atoms with van der Waals surface area (Å²) < 4.78 is 11.8. The maximum absolute atomic E-state index is 6.87. The summed E-state index contributed by atoms with van der Waals surface area (Å²) in [6, 6.07) is 72.4. The lowest BCUT2D eigenvalue weighted by molar-refractivity contribution is 0.477. The fourth-order valence-electron chi connectivity index (χ4n) is 14.0. The topological polar surface area (TPSA) is 54.5 Å². The first-order valence-electron chi connectivity index (χ1n) is 26.8. The summed E-state index contributed by atoms with van der Waals surface area (Å²) in [5, 5.41) is 15.4. The Morgan fingerprint density at radius 1 is 0.526 bits per heavy atom. The van der Waals surface area contributed by atoms with Gasteiger partial charge in [0, 0.05) is 52.8 Å². The second-order valence-corrected chi connectivity index (χ2v) is 22.2. The Bertz CT molecular complexity index is 4630. The van der Waals surface area contributed by atoms with Crippen molar-refractivity contribution in [3.63, 3.8) is 0 Å². The van der Waals surface area contributed by atoms with Crippen molar-refractivity contribution in [1.82, 2.24) is 15.2 Å². The number of aromatic nitrogens is 1. The Balaban J connectivity index is 0.768. The van der Waals surface area contributed by atoms with Crippen molar-refractivity contribution in [2.45, 2.75) is 43.4 Å². The molecule has 1 spiro atoms. The van der Waals surface area contributed by atoms with E-state index in [2.05, 4.69) is 234 Å². The van der Waals surface area contributed by atoms with Gasteiger partial charge in [-0.2, -0.15) is 0 Å². The minimum absolute atomic E-state index is 0.128. The van der Waals surface area contributed by atoms with Crippen LogP contribution >= 0.6 is 11.3 Å². The van der Waals surface area contributed by atoms with Gasteiger partial charge in [0.25, 0.3) is 0 Å². The third-order valence-electron chi connectivity index (χ3n) is 17.2. The largest absolute Gasteiger partial charge is 0.456 e. The fourth-order valence-corrected chi connectivity index (χ4v) is 15.1. The van der Waals surface area contributed by atoms with Crippen molar-refractivity contribution in [1.29, 1.82) is 0 Å². The van der Waals surface area contributed by atoms with E-state index in [1.165, 1.54) is 114 Å². The Labute approximate surface area is 442 Å². The zero-order valence-electron chi connectivity index (χ0n) is 41.5. The molecule has 0 saturated heterocycles. The Morgan fingerprint density at radius 3 is 1.86 bits per heavy atom. The average molecular weight is 993 g/mol. The van der Waals surface area contributed by atoms with Crippen LogP contribution in [0.1, 0.15) is 53.5 Å². The number of aliphatic imine (C=N–C) groups is 1. The van der Waals surface area contributed by atoms with Gasteiger partial charge in [0.1, 0.15) is 29.2 Å². The number of nitrogens with one attached hydrogen (secondary N) is 2. The van der Waals surface area contributed by atoms with Gasteiger partial charge in [-0.15, -0.1) is 11.3 Å². The van der Waals surface area contributed by atoms with Crippen LogP contribution in [0.2, 0.25) is 0 Å². The smallest absolute Gasteiger partial charge is 0.136 e. The van der Waals surface area contributed by atoms with E-state index >= 15 is 0 Å². The van der Waals surface area contributed by atoms with Gasteiger partial charge in [0.2, 0.25) is 0 Å². The van der Waals surface area contributed by atoms with Gasteiger partial charge < -0.3 is 14.3 Å². The van der Waals surface area contributed by atoms with Crippen molar-refractivity contribution in [3.05, 3.63) is 256 Å². The van der Waals surface area contributed by atoms with E-state index in [1.54, 1.807) is 0 Å². The number of furan rings is 1. The molecule has 5 aliphatic rings. The maximum atomic E-state index is 6.87. The van der Waals surface area contributed by atoms with E-state index < -0.39 is 5.41 Å². The van der Waals surface area contributed by atoms with Gasteiger partial charge in [-0.1, -0.05) is 164 Å². The molecule has 2 atom stereocenters. The number of benzene rings is 9. The van der Waals surface area contributed by atoms with Crippen LogP contribution in [0.3, 0.4) is 0 Å². The first-order valence-corrected chi connectivity index (χ1v) is 27.6. The van der Waals surface area contributed by atoms with Crippen LogP contribution in [-0.4, -0.2) is 22.7 Å². The van der Waals surface area contributed by atoms with Crippen molar-refractivity contribution in [2.24, 2.45) is 4.99 Å². The van der Waals surface area contributed by atoms with Gasteiger partial charge in [0.05, 0.1) is 16.4 Å². The molecular weight excluding hydrogens is 945 g/mol. The summed E-state index contributed by atoms with van der Waals surface area (Å²) in [5.74, 6) is 0.903. The van der Waals surface area contributed by atoms with E-state index in [0.717, 1.165) is 59.0 Å². The Morgan fingerprint density at radius 2 is 1.14 bits per heavy atom. The van der Waals surface area contributed by atoms with Gasteiger partial charge in [-0.25, -0.2) is 4.99 Å². The minimum Gasteiger partial charge on any atom is -0.456 e. The van der Waals surface area contributed by atoms with Crippen LogP contribution in [0.25, 0.3) is 104 Å². The molecule has 0 amide bonds. The first-order chi connectivity index (χ1) is 37.7. The van der Waals surface area contributed by atoms with Crippen LogP contribution in [-0.2, 0) is 5.41 Å². The number of rotatable bonds is 5. The number of hydrogen-bond acceptors (Lipinski definition) is 5. The molecule has 5 nitrogen and oxygen atoms in total. The molecule has 17 rings (SSSR count). The number of para-hydroxylation sites is 2. The molecule has 0 saturated carbocycles. The number of fused-ring (bicyclic) bond motifs is 19. The van der Waals surface area contributed by atoms with E-state index in [9.17, 15) is 0 Å². The molecule has 4 aliphatic carbocycles. The highest BCUT2D eigenvalue weighted by Crippen LogP contribution is 2.62. The van der Waals surface area contributed by atoms with Gasteiger partial charge in [0.15, 0.2) is 0 Å². The minimum atomic E-state index is -0.434. The molecule has 2 unspecified atom stereocenters. The molecular formula is C70H48N4OS. The fraction of sp³-hybridized carbons (Fsp3) is 0.100. The predicted molar refractivity (Wildman–Crippen MR) is 315 cm³/mol. The second-order valence-electron chi connectivity index (χ2n) is 21.1. The average Bonchev–Trinajstić information content (AvgIpc) is 4.42. The lowest BCUT2D eigenvalue weighted by Crippen LogP contribution is -2.56. The summed E-state index contributed by atoms with van der Waals surface area (Å²) in [6.07, 6.45) is 12.7. The summed E-state index contributed by atoms with van der Waals surface area (Å²) in [5.41, 5.74) is 21.5. The highest BCUT2D eigenvalue weighted by Gasteiger charge is 2.51. The second kappa shape index (κ2) is 16.1. The quantitative estimate of drug-likeness (QED) is 0.181. The van der Waals surface area contributed by atoms with Crippen LogP contribution in [0.15, 0.2) is 227 Å². The van der Waals surface area contributed by atoms with Crippen molar-refractivity contribution >= 4 is 81.8 Å². The predicted octanol–water partition coefficient (Wildman–Crippen LogP) is 15.2. The van der Waals surface area contributed by atoms with E-state index in [-0.39, 0.29) is 12.3 Å². The zero-order chi connectivity index (χ0) is 49.6. The van der Waals surface area contributed by atoms with Crippen molar-refractivity contribution in [2.75, 3.05) is 0 Å². The third-order valence-corrected chi connectivity index (χ3v) is 18.3. The molecule has 1 aliphatic heterocycles. The van der Waals surface area contributed by atoms with Gasteiger partial charge in [-0.3, -0.25) is 5.32 Å². The number of allylic oxidation sites excluding steroid dienone is 2. The summed E-state index contributed by atoms with van der Waals surface area (Å²) in [7, 11) is 0. The van der Waals surface area contributed by atoms with Crippen molar-refractivity contribution < 1.29 is 4.42 Å². The summed E-state index contributed by atoms with van der Waals surface area (Å²) in [6.45, 7) is 0. The monoisotopic (exact) mass is 992 g/mol. The van der Waals surface area contributed by atoms with Crippen LogP contribution in [0, 0.1) is 0 Å². The molecule has 0 fully saturated rings. The molecule has 2 N–H and O–H groups in total. The lowest BCUT2D eigenvalue weighted by atomic mass is 9.70.